The van der Waals surface area contributed by atoms with Crippen molar-refractivity contribution in [3.05, 3.63) is 70.1 Å². The Morgan fingerprint density at radius 2 is 2.00 bits per heavy atom. The number of hydrogen-bond acceptors (Lipinski definition) is 2. The number of fused-ring (bicyclic) bond motifs is 1. The van der Waals surface area contributed by atoms with Crippen LogP contribution in [0.25, 0.3) is 16.5 Å². The highest BCUT2D eigenvalue weighted by molar-refractivity contribution is 6.34. The predicted molar refractivity (Wildman–Crippen MR) is 101 cm³/mol. The average molecular weight is 372 g/mol. The predicted octanol–water partition coefficient (Wildman–Crippen LogP) is 4.80. The number of halogens is 2. The molecule has 4 nitrogen and oxygen atoms in total. The Morgan fingerprint density at radius 3 is 2.80 bits per heavy atom. The van der Waals surface area contributed by atoms with Crippen molar-refractivity contribution in [1.29, 1.82) is 0 Å². The van der Waals surface area contributed by atoms with E-state index >= 15 is 0 Å². The number of amides is 1. The van der Waals surface area contributed by atoms with Gasteiger partial charge < -0.3 is 9.88 Å². The molecular weight excluding hydrogens is 357 g/mol. The van der Waals surface area contributed by atoms with E-state index in [-0.39, 0.29) is 16.8 Å². The van der Waals surface area contributed by atoms with Crippen molar-refractivity contribution < 1.29 is 4.79 Å². The monoisotopic (exact) mass is 371 g/mol. The maximum absolute atomic E-state index is 12.7. The van der Waals surface area contributed by atoms with E-state index in [9.17, 15) is 4.79 Å². The van der Waals surface area contributed by atoms with Gasteiger partial charge in [-0.15, -0.1) is 0 Å². The largest absolute Gasteiger partial charge is 0.361 e. The Labute approximate surface area is 155 Å². The van der Waals surface area contributed by atoms with Crippen molar-refractivity contribution in [3.8, 4) is 0 Å². The van der Waals surface area contributed by atoms with Crippen molar-refractivity contribution in [2.45, 2.75) is 6.42 Å². The van der Waals surface area contributed by atoms with E-state index in [0.717, 1.165) is 11.9 Å². The number of hydrogen-bond donors (Lipinski definition) is 1. The number of carbonyl (C=O) groups is 1. The van der Waals surface area contributed by atoms with E-state index in [2.05, 4.69) is 28.2 Å². The van der Waals surface area contributed by atoms with Crippen LogP contribution < -0.4 is 0 Å². The molecule has 0 spiro atoms. The van der Waals surface area contributed by atoms with Gasteiger partial charge in [0.2, 0.25) is 0 Å². The molecule has 4 rings (SSSR count). The van der Waals surface area contributed by atoms with Gasteiger partial charge >= 0.3 is 0 Å². The number of aromatic amines is 1. The Bertz CT molecular complexity index is 993. The number of para-hydroxylation sites is 1. The fraction of sp³-hybridized carbons (Fsp3) is 0.158. The lowest BCUT2D eigenvalue weighted by atomic mass is 9.99. The number of carbonyl (C=O) groups excluding carboxylic acids is 1. The zero-order valence-electron chi connectivity index (χ0n) is 13.3. The van der Waals surface area contributed by atoms with Crippen LogP contribution in [0.1, 0.15) is 22.5 Å². The molecule has 1 aliphatic rings. The minimum absolute atomic E-state index is 0.193. The second-order valence-electron chi connectivity index (χ2n) is 5.94. The van der Waals surface area contributed by atoms with Gasteiger partial charge in [-0.05, 0) is 30.2 Å². The number of benzene rings is 1. The van der Waals surface area contributed by atoms with Gasteiger partial charge in [0.25, 0.3) is 5.91 Å². The first-order chi connectivity index (χ1) is 12.1. The molecule has 1 N–H and O–H groups in total. The van der Waals surface area contributed by atoms with Crippen LogP contribution in [-0.2, 0) is 0 Å². The summed E-state index contributed by atoms with van der Waals surface area (Å²) in [7, 11) is 0. The standard InChI is InChI=1S/C19H15Cl2N3O/c20-15-5-6-17(21)23-18(15)19(25)24-9-7-12(8-10-24)14-11-22-16-4-2-1-3-13(14)16/h1-7,11,22H,8-10H2. The molecule has 0 radical (unpaired) electrons. The second kappa shape index (κ2) is 6.54. The molecule has 126 valence electrons. The highest BCUT2D eigenvalue weighted by Gasteiger charge is 2.23. The molecule has 0 unspecified atom stereocenters. The van der Waals surface area contributed by atoms with Crippen LogP contribution >= 0.6 is 23.2 Å². The third kappa shape index (κ3) is 3.03. The van der Waals surface area contributed by atoms with E-state index in [1.54, 1.807) is 17.0 Å². The second-order valence-corrected chi connectivity index (χ2v) is 6.74. The van der Waals surface area contributed by atoms with Crippen molar-refractivity contribution in [2.24, 2.45) is 0 Å². The SMILES string of the molecule is O=C(c1nc(Cl)ccc1Cl)N1CC=C(c2c[nH]c3ccccc23)CC1. The summed E-state index contributed by atoms with van der Waals surface area (Å²) < 4.78 is 0. The molecule has 25 heavy (non-hydrogen) atoms. The number of pyridine rings is 1. The Hall–Kier alpha value is -2.30. The van der Waals surface area contributed by atoms with E-state index < -0.39 is 0 Å². The Balaban J connectivity index is 1.58. The van der Waals surface area contributed by atoms with Crippen LogP contribution in [0.2, 0.25) is 10.2 Å². The molecule has 0 atom stereocenters. The maximum atomic E-state index is 12.7. The summed E-state index contributed by atoms with van der Waals surface area (Å²) in [6.45, 7) is 1.15. The molecule has 1 aromatic carbocycles. The number of nitrogens with one attached hydrogen (secondary N) is 1. The highest BCUT2D eigenvalue weighted by atomic mass is 35.5. The maximum Gasteiger partial charge on any atom is 0.274 e. The Morgan fingerprint density at radius 1 is 1.16 bits per heavy atom. The molecule has 1 aliphatic heterocycles. The Kier molecular flexibility index (Phi) is 4.24. The lowest BCUT2D eigenvalue weighted by Gasteiger charge is -2.26. The van der Waals surface area contributed by atoms with Gasteiger partial charge in [0.1, 0.15) is 10.8 Å². The van der Waals surface area contributed by atoms with Gasteiger partial charge in [0.15, 0.2) is 0 Å². The first kappa shape index (κ1) is 16.2. The molecule has 0 saturated heterocycles. The smallest absolute Gasteiger partial charge is 0.274 e. The quantitative estimate of drug-likeness (QED) is 0.657. The molecule has 0 aliphatic carbocycles. The third-order valence-corrected chi connectivity index (χ3v) is 4.96. The van der Waals surface area contributed by atoms with E-state index in [1.165, 1.54) is 16.5 Å². The van der Waals surface area contributed by atoms with Crippen LogP contribution in [0.15, 0.2) is 48.7 Å². The van der Waals surface area contributed by atoms with Gasteiger partial charge in [-0.3, -0.25) is 4.79 Å². The highest BCUT2D eigenvalue weighted by Crippen LogP contribution is 2.30. The van der Waals surface area contributed by atoms with Crippen LogP contribution in [-0.4, -0.2) is 33.9 Å². The fourth-order valence-corrected chi connectivity index (χ4v) is 3.49. The topological polar surface area (TPSA) is 49.0 Å². The fourth-order valence-electron chi connectivity index (χ4n) is 3.15. The van der Waals surface area contributed by atoms with Gasteiger partial charge in [0, 0.05) is 35.8 Å². The van der Waals surface area contributed by atoms with Crippen LogP contribution in [0.5, 0.6) is 0 Å². The van der Waals surface area contributed by atoms with Gasteiger partial charge in [-0.2, -0.15) is 0 Å². The van der Waals surface area contributed by atoms with E-state index in [0.29, 0.717) is 18.1 Å². The lowest BCUT2D eigenvalue weighted by molar-refractivity contribution is 0.0767. The number of nitrogens with zero attached hydrogens (tertiary/aromatic N) is 2. The van der Waals surface area contributed by atoms with Crippen molar-refractivity contribution in [3.63, 3.8) is 0 Å². The molecule has 3 heterocycles. The summed E-state index contributed by atoms with van der Waals surface area (Å²) in [6.07, 6.45) is 4.91. The summed E-state index contributed by atoms with van der Waals surface area (Å²) in [4.78, 5) is 21.8. The summed E-state index contributed by atoms with van der Waals surface area (Å²) >= 11 is 12.0. The molecule has 3 aromatic rings. The van der Waals surface area contributed by atoms with E-state index in [1.807, 2.05) is 18.3 Å². The van der Waals surface area contributed by atoms with E-state index in [4.69, 9.17) is 23.2 Å². The normalized spacial score (nSPS) is 14.6. The third-order valence-electron chi connectivity index (χ3n) is 4.45. The number of aromatic nitrogens is 2. The summed E-state index contributed by atoms with van der Waals surface area (Å²) in [5.41, 5.74) is 3.76. The number of rotatable bonds is 2. The van der Waals surface area contributed by atoms with Gasteiger partial charge in [-0.25, -0.2) is 4.98 Å². The van der Waals surface area contributed by atoms with Crippen molar-refractivity contribution in [1.82, 2.24) is 14.9 Å². The zero-order valence-corrected chi connectivity index (χ0v) is 14.8. The molecule has 6 heteroatoms. The average Bonchev–Trinajstić information content (AvgIpc) is 3.07. The molecule has 0 bridgehead atoms. The van der Waals surface area contributed by atoms with Crippen LogP contribution in [0, 0.1) is 0 Å². The minimum Gasteiger partial charge on any atom is -0.361 e. The van der Waals surface area contributed by atoms with Crippen LogP contribution in [0.4, 0.5) is 0 Å². The molecule has 0 fully saturated rings. The molecule has 2 aromatic heterocycles. The lowest BCUT2D eigenvalue weighted by Crippen LogP contribution is -2.35. The first-order valence-electron chi connectivity index (χ1n) is 8.00. The summed E-state index contributed by atoms with van der Waals surface area (Å²) in [5, 5.41) is 1.79. The number of H-pyrrole nitrogens is 1. The van der Waals surface area contributed by atoms with Crippen molar-refractivity contribution in [2.75, 3.05) is 13.1 Å². The van der Waals surface area contributed by atoms with Crippen molar-refractivity contribution >= 4 is 45.6 Å². The van der Waals surface area contributed by atoms with Gasteiger partial charge in [0.05, 0.1) is 5.02 Å². The summed E-state index contributed by atoms with van der Waals surface area (Å²) in [6, 6.07) is 11.4. The first-order valence-corrected chi connectivity index (χ1v) is 8.76. The summed E-state index contributed by atoms with van der Waals surface area (Å²) in [5.74, 6) is -0.193. The molecular formula is C19H15Cl2N3O. The zero-order chi connectivity index (χ0) is 17.4. The minimum atomic E-state index is -0.193. The molecule has 1 amide bonds. The van der Waals surface area contributed by atoms with Gasteiger partial charge in [-0.1, -0.05) is 47.5 Å². The molecule has 0 saturated carbocycles. The van der Waals surface area contributed by atoms with Crippen LogP contribution in [0.3, 0.4) is 0 Å².